The third-order valence-electron chi connectivity index (χ3n) is 6.77. The number of nitrogens with zero attached hydrogens (tertiary/aromatic N) is 2. The molecule has 0 saturated carbocycles. The first kappa shape index (κ1) is 26.8. The lowest BCUT2D eigenvalue weighted by atomic mass is 9.77. The lowest BCUT2D eigenvalue weighted by Crippen LogP contribution is -2.46. The summed E-state index contributed by atoms with van der Waals surface area (Å²) in [5.74, 6) is -2.78. The number of hydrogen-bond acceptors (Lipinski definition) is 3. The van der Waals surface area contributed by atoms with Gasteiger partial charge in [-0.3, -0.25) is 9.13 Å². The summed E-state index contributed by atoms with van der Waals surface area (Å²) in [6, 6.07) is 12.2. The van der Waals surface area contributed by atoms with Crippen molar-refractivity contribution in [1.82, 2.24) is 9.13 Å². The Labute approximate surface area is 219 Å². The Kier molecular flexibility index (Phi) is 6.69. The molecule has 1 aromatic heterocycles. The van der Waals surface area contributed by atoms with Crippen molar-refractivity contribution in [1.29, 1.82) is 0 Å². The van der Waals surface area contributed by atoms with Gasteiger partial charge in [0.05, 0.1) is 21.6 Å². The normalized spacial score (nSPS) is 14.5. The van der Waals surface area contributed by atoms with Crippen LogP contribution in [0.4, 0.5) is 13.2 Å². The van der Waals surface area contributed by atoms with Crippen LogP contribution >= 0.6 is 23.2 Å². The Morgan fingerprint density at radius 2 is 1.49 bits per heavy atom. The van der Waals surface area contributed by atoms with Crippen molar-refractivity contribution in [2.75, 3.05) is 0 Å². The van der Waals surface area contributed by atoms with Crippen molar-refractivity contribution in [3.05, 3.63) is 91.8 Å². The summed E-state index contributed by atoms with van der Waals surface area (Å²) in [6.45, 7) is 1.22. The molecule has 194 valence electrons. The molecule has 3 aromatic carbocycles. The number of aryl methyl sites for hydroxylation is 2. The van der Waals surface area contributed by atoms with Crippen LogP contribution in [0.2, 0.25) is 10.0 Å². The lowest BCUT2D eigenvalue weighted by Gasteiger charge is -2.37. The van der Waals surface area contributed by atoms with Crippen molar-refractivity contribution in [2.24, 2.45) is 14.1 Å². The number of rotatable bonds is 5. The van der Waals surface area contributed by atoms with Gasteiger partial charge in [-0.25, -0.2) is 9.59 Å². The molecule has 2 N–H and O–H groups in total. The maximum Gasteiger partial charge on any atom is 0.422 e. The molecule has 0 saturated heterocycles. The molecule has 0 aliphatic rings. The van der Waals surface area contributed by atoms with E-state index in [1.807, 2.05) is 0 Å². The maximum atomic E-state index is 14.5. The average Bonchev–Trinajstić information content (AvgIpc) is 3.05. The van der Waals surface area contributed by atoms with Gasteiger partial charge in [-0.1, -0.05) is 54.4 Å². The summed E-state index contributed by atoms with van der Waals surface area (Å²) in [7, 11) is 2.94. The van der Waals surface area contributed by atoms with Crippen LogP contribution in [-0.4, -0.2) is 31.5 Å². The van der Waals surface area contributed by atoms with Crippen LogP contribution < -0.4 is 5.69 Å². The number of fused-ring (bicyclic) bond motifs is 1. The molecule has 0 spiro atoms. The number of imidazole rings is 1. The van der Waals surface area contributed by atoms with E-state index in [1.165, 1.54) is 66.6 Å². The van der Waals surface area contributed by atoms with Gasteiger partial charge in [0.1, 0.15) is 0 Å². The first-order chi connectivity index (χ1) is 17.2. The third kappa shape index (κ3) is 4.31. The van der Waals surface area contributed by atoms with Gasteiger partial charge in [0, 0.05) is 25.0 Å². The van der Waals surface area contributed by atoms with Crippen LogP contribution in [0.3, 0.4) is 0 Å². The minimum Gasteiger partial charge on any atom is -0.478 e. The van der Waals surface area contributed by atoms with Gasteiger partial charge in [-0.05, 0) is 52.6 Å². The molecule has 4 aromatic rings. The monoisotopic (exact) mass is 552 g/mol. The van der Waals surface area contributed by atoms with Gasteiger partial charge in [0.2, 0.25) is 0 Å². The zero-order valence-corrected chi connectivity index (χ0v) is 21.3. The first-order valence-electron chi connectivity index (χ1n) is 11.0. The Morgan fingerprint density at radius 1 is 0.892 bits per heavy atom. The van der Waals surface area contributed by atoms with E-state index in [9.17, 15) is 33.0 Å². The highest BCUT2D eigenvalue weighted by Gasteiger charge is 2.59. The molecule has 4 rings (SSSR count). The molecule has 1 heterocycles. The lowest BCUT2D eigenvalue weighted by molar-refractivity contribution is -0.274. The molecule has 2 unspecified atom stereocenters. The van der Waals surface area contributed by atoms with E-state index in [0.717, 1.165) is 12.1 Å². The summed E-state index contributed by atoms with van der Waals surface area (Å²) in [5.41, 5.74) is -2.74. The Bertz CT molecular complexity index is 1610. The highest BCUT2D eigenvalue weighted by molar-refractivity contribution is 6.33. The average molecular weight is 553 g/mol. The molecule has 0 fully saturated rings. The molecule has 0 bridgehead atoms. The first-order valence-corrected chi connectivity index (χ1v) is 11.7. The van der Waals surface area contributed by atoms with Crippen LogP contribution in [-0.2, 0) is 19.7 Å². The zero-order valence-electron chi connectivity index (χ0n) is 19.8. The van der Waals surface area contributed by atoms with E-state index >= 15 is 0 Å². The van der Waals surface area contributed by atoms with E-state index in [-0.39, 0.29) is 26.7 Å². The van der Waals surface area contributed by atoms with Gasteiger partial charge in [-0.2, -0.15) is 13.2 Å². The van der Waals surface area contributed by atoms with Crippen molar-refractivity contribution in [2.45, 2.75) is 24.6 Å². The fraction of sp³-hybridized carbons (Fsp3) is 0.231. The number of hydrogen-bond donors (Lipinski definition) is 2. The van der Waals surface area contributed by atoms with Gasteiger partial charge in [-0.15, -0.1) is 0 Å². The predicted molar refractivity (Wildman–Crippen MR) is 135 cm³/mol. The summed E-state index contributed by atoms with van der Waals surface area (Å²) in [4.78, 5) is 23.7. The number of aromatic nitrogens is 2. The van der Waals surface area contributed by atoms with E-state index < -0.39 is 34.9 Å². The van der Waals surface area contributed by atoms with Crippen molar-refractivity contribution >= 4 is 40.2 Å². The molecule has 0 aliphatic carbocycles. The predicted octanol–water partition coefficient (Wildman–Crippen LogP) is 6.10. The van der Waals surface area contributed by atoms with Gasteiger partial charge >= 0.3 is 17.8 Å². The summed E-state index contributed by atoms with van der Waals surface area (Å²) in [5, 5.41) is 20.6. The van der Waals surface area contributed by atoms with Crippen molar-refractivity contribution < 1.29 is 28.2 Å². The van der Waals surface area contributed by atoms with Crippen LogP contribution in [0.1, 0.15) is 34.3 Å². The fourth-order valence-electron chi connectivity index (χ4n) is 4.55. The highest BCUT2D eigenvalue weighted by atomic mass is 35.5. The van der Waals surface area contributed by atoms with Gasteiger partial charge in [0.15, 0.2) is 5.60 Å². The van der Waals surface area contributed by atoms with E-state index in [1.54, 1.807) is 6.07 Å². The number of alkyl halides is 3. The molecule has 0 radical (unpaired) electrons. The molecule has 2 atom stereocenters. The smallest absolute Gasteiger partial charge is 0.422 e. The number of aliphatic hydroxyl groups is 1. The minimum atomic E-state index is -5.09. The van der Waals surface area contributed by atoms with Crippen LogP contribution in [0.25, 0.3) is 22.2 Å². The van der Waals surface area contributed by atoms with Crippen molar-refractivity contribution in [3.8, 4) is 11.1 Å². The standard InChI is InChI=1S/C26H21Cl2F3N2O4/c1-13(17-7-4-15(11-20(17)28)14-5-8-19(27)18(10-14)23(34)35)25(37,26(29,30)31)16-6-9-21-22(12-16)33(3)24(36)32(21)2/h4-13,37H,1-3H3,(H,34,35). The van der Waals surface area contributed by atoms with E-state index in [0.29, 0.717) is 16.6 Å². The van der Waals surface area contributed by atoms with Crippen molar-refractivity contribution in [3.63, 3.8) is 0 Å². The summed E-state index contributed by atoms with van der Waals surface area (Å²) in [6.07, 6.45) is -5.09. The molecule has 11 heteroatoms. The van der Waals surface area contributed by atoms with Crippen LogP contribution in [0.5, 0.6) is 0 Å². The number of carbonyl (C=O) groups is 1. The largest absolute Gasteiger partial charge is 0.478 e. The number of carboxylic acid groups (broad SMARTS) is 1. The number of benzene rings is 3. The zero-order chi connectivity index (χ0) is 27.4. The topological polar surface area (TPSA) is 84.5 Å². The Balaban J connectivity index is 1.82. The quantitative estimate of drug-likeness (QED) is 0.313. The minimum absolute atomic E-state index is 0.0275. The van der Waals surface area contributed by atoms with E-state index in [4.69, 9.17) is 23.2 Å². The maximum absolute atomic E-state index is 14.5. The SMILES string of the molecule is CC(c1ccc(-c2ccc(Cl)c(C(=O)O)c2)cc1Cl)C(O)(c1ccc2c(c1)n(C)c(=O)n2C)C(F)(F)F. The fourth-order valence-corrected chi connectivity index (χ4v) is 5.10. The number of halogens is 5. The van der Waals surface area contributed by atoms with Gasteiger partial charge < -0.3 is 10.2 Å². The molecular weight excluding hydrogens is 532 g/mol. The second kappa shape index (κ2) is 9.24. The second-order valence-corrected chi connectivity index (χ2v) is 9.64. The Hall–Kier alpha value is -3.27. The molecule has 0 aliphatic heterocycles. The second-order valence-electron chi connectivity index (χ2n) is 8.83. The molecular formula is C26H21Cl2F3N2O4. The molecule has 0 amide bonds. The summed E-state index contributed by atoms with van der Waals surface area (Å²) >= 11 is 12.3. The van der Waals surface area contributed by atoms with Crippen LogP contribution in [0.15, 0.2) is 59.4 Å². The number of aromatic carboxylic acids is 1. The highest BCUT2D eigenvalue weighted by Crippen LogP contribution is 2.50. The van der Waals surface area contributed by atoms with Crippen LogP contribution in [0, 0.1) is 0 Å². The third-order valence-corrected chi connectivity index (χ3v) is 7.42. The number of carboxylic acids is 1. The van der Waals surface area contributed by atoms with Gasteiger partial charge in [0.25, 0.3) is 0 Å². The molecule has 37 heavy (non-hydrogen) atoms. The van der Waals surface area contributed by atoms with E-state index in [2.05, 4.69) is 0 Å². The molecule has 6 nitrogen and oxygen atoms in total. The Morgan fingerprint density at radius 3 is 2.08 bits per heavy atom. The summed E-state index contributed by atoms with van der Waals surface area (Å²) < 4.78 is 46.0.